The predicted molar refractivity (Wildman–Crippen MR) is 59.3 cm³/mol. The molecule has 6 heteroatoms. The Hall–Kier alpha value is -1.90. The van der Waals surface area contributed by atoms with Gasteiger partial charge in [0.1, 0.15) is 0 Å². The van der Waals surface area contributed by atoms with Crippen LogP contribution in [0.25, 0.3) is 0 Å². The Balaban J connectivity index is 2.61. The van der Waals surface area contributed by atoms with Gasteiger partial charge in [0.15, 0.2) is 0 Å². The molecule has 0 radical (unpaired) electrons. The van der Waals surface area contributed by atoms with Gasteiger partial charge in [-0.3, -0.25) is 0 Å². The van der Waals surface area contributed by atoms with Crippen LogP contribution in [0.5, 0.6) is 0 Å². The van der Waals surface area contributed by atoms with Gasteiger partial charge in [-0.15, -0.1) is 0 Å². The first-order valence-corrected chi connectivity index (χ1v) is 4.98. The van der Waals surface area contributed by atoms with Crippen molar-refractivity contribution in [3.63, 3.8) is 0 Å². The number of rotatable bonds is 4. The van der Waals surface area contributed by atoms with Crippen molar-refractivity contribution in [3.8, 4) is 6.07 Å². The summed E-state index contributed by atoms with van der Waals surface area (Å²) in [5.74, 6) is 0. The summed E-state index contributed by atoms with van der Waals surface area (Å²) in [5.41, 5.74) is 7.23. The summed E-state index contributed by atoms with van der Waals surface area (Å²) in [6.45, 7) is -0.195. The van der Waals surface area contributed by atoms with Crippen LogP contribution in [-0.4, -0.2) is 12.7 Å². The number of nitriles is 1. The van der Waals surface area contributed by atoms with E-state index in [1.165, 1.54) is 0 Å². The van der Waals surface area contributed by atoms with Gasteiger partial charge in [-0.2, -0.15) is 18.4 Å². The molecule has 0 atom stereocenters. The molecule has 0 aliphatic rings. The summed E-state index contributed by atoms with van der Waals surface area (Å²) in [4.78, 5) is 0. The third-order valence-electron chi connectivity index (χ3n) is 2.15. The van der Waals surface area contributed by atoms with Crippen LogP contribution in [0, 0.1) is 11.3 Å². The SMILES string of the molecule is N#CCc1cc(NCCC(F)(F)F)ccc1N. The molecule has 0 fully saturated rings. The standard InChI is InChI=1S/C11H12F3N3/c12-11(13,14)4-6-17-9-1-2-10(16)8(7-9)3-5-15/h1-2,7,17H,3-4,6,16H2. The Morgan fingerprint density at radius 1 is 1.35 bits per heavy atom. The topological polar surface area (TPSA) is 61.8 Å². The van der Waals surface area contributed by atoms with E-state index in [0.717, 1.165) is 0 Å². The Morgan fingerprint density at radius 3 is 2.65 bits per heavy atom. The van der Waals surface area contributed by atoms with E-state index in [-0.39, 0.29) is 13.0 Å². The molecule has 1 rings (SSSR count). The molecule has 0 aliphatic carbocycles. The Kier molecular flexibility index (Phi) is 4.21. The lowest BCUT2D eigenvalue weighted by atomic mass is 10.1. The second kappa shape index (κ2) is 5.43. The van der Waals surface area contributed by atoms with E-state index in [1.54, 1.807) is 18.2 Å². The fourth-order valence-electron chi connectivity index (χ4n) is 1.30. The van der Waals surface area contributed by atoms with Crippen LogP contribution < -0.4 is 11.1 Å². The maximum Gasteiger partial charge on any atom is 0.390 e. The first-order valence-electron chi connectivity index (χ1n) is 4.98. The number of anilines is 2. The molecule has 0 spiro atoms. The van der Waals surface area contributed by atoms with Crippen LogP contribution in [0.3, 0.4) is 0 Å². The van der Waals surface area contributed by atoms with Gasteiger partial charge in [0.05, 0.1) is 18.9 Å². The van der Waals surface area contributed by atoms with Gasteiger partial charge in [0.2, 0.25) is 0 Å². The lowest BCUT2D eigenvalue weighted by Gasteiger charge is -2.10. The minimum atomic E-state index is -4.17. The van der Waals surface area contributed by atoms with Crippen molar-refractivity contribution in [3.05, 3.63) is 23.8 Å². The van der Waals surface area contributed by atoms with Crippen molar-refractivity contribution in [1.29, 1.82) is 5.26 Å². The van der Waals surface area contributed by atoms with Crippen molar-refractivity contribution in [2.24, 2.45) is 0 Å². The molecule has 92 valence electrons. The lowest BCUT2D eigenvalue weighted by Crippen LogP contribution is -2.14. The predicted octanol–water partition coefficient (Wildman–Crippen LogP) is 2.70. The maximum atomic E-state index is 11.9. The molecule has 0 saturated heterocycles. The lowest BCUT2D eigenvalue weighted by molar-refractivity contribution is -0.131. The monoisotopic (exact) mass is 243 g/mol. The number of nitrogens with zero attached hydrogens (tertiary/aromatic N) is 1. The van der Waals surface area contributed by atoms with Crippen molar-refractivity contribution in [2.75, 3.05) is 17.6 Å². The van der Waals surface area contributed by atoms with E-state index >= 15 is 0 Å². The van der Waals surface area contributed by atoms with Gasteiger partial charge in [-0.1, -0.05) is 0 Å². The summed E-state index contributed by atoms with van der Waals surface area (Å²) in [6.07, 6.45) is -4.93. The minimum Gasteiger partial charge on any atom is -0.398 e. The zero-order valence-corrected chi connectivity index (χ0v) is 9.01. The zero-order valence-electron chi connectivity index (χ0n) is 9.01. The van der Waals surface area contributed by atoms with E-state index < -0.39 is 12.6 Å². The smallest absolute Gasteiger partial charge is 0.390 e. The van der Waals surface area contributed by atoms with E-state index in [2.05, 4.69) is 5.32 Å². The number of benzene rings is 1. The molecule has 1 aromatic carbocycles. The Morgan fingerprint density at radius 2 is 2.06 bits per heavy atom. The van der Waals surface area contributed by atoms with Crippen LogP contribution in [0.2, 0.25) is 0 Å². The molecule has 3 nitrogen and oxygen atoms in total. The summed E-state index contributed by atoms with van der Waals surface area (Å²) in [5, 5.41) is 11.2. The molecular weight excluding hydrogens is 231 g/mol. The molecule has 0 aliphatic heterocycles. The Labute approximate surface area is 97.0 Å². The zero-order chi connectivity index (χ0) is 12.9. The first kappa shape index (κ1) is 13.2. The van der Waals surface area contributed by atoms with E-state index in [1.807, 2.05) is 6.07 Å². The van der Waals surface area contributed by atoms with Crippen LogP contribution in [0.4, 0.5) is 24.5 Å². The highest BCUT2D eigenvalue weighted by Gasteiger charge is 2.26. The van der Waals surface area contributed by atoms with Gasteiger partial charge < -0.3 is 11.1 Å². The van der Waals surface area contributed by atoms with Gasteiger partial charge in [-0.25, -0.2) is 0 Å². The number of nitrogens with two attached hydrogens (primary N) is 1. The van der Waals surface area contributed by atoms with Gasteiger partial charge in [0.25, 0.3) is 0 Å². The minimum absolute atomic E-state index is 0.140. The molecule has 1 aromatic rings. The number of hydrogen-bond acceptors (Lipinski definition) is 3. The largest absolute Gasteiger partial charge is 0.398 e. The van der Waals surface area contributed by atoms with Crippen LogP contribution in [-0.2, 0) is 6.42 Å². The number of nitrogens with one attached hydrogen (secondary N) is 1. The summed E-state index contributed by atoms with van der Waals surface area (Å²) >= 11 is 0. The molecule has 3 N–H and O–H groups in total. The van der Waals surface area contributed by atoms with Gasteiger partial charge >= 0.3 is 6.18 Å². The fourth-order valence-corrected chi connectivity index (χ4v) is 1.30. The van der Waals surface area contributed by atoms with Gasteiger partial charge in [0, 0.05) is 17.9 Å². The molecule has 0 bridgehead atoms. The van der Waals surface area contributed by atoms with E-state index in [4.69, 9.17) is 11.0 Å². The second-order valence-electron chi connectivity index (χ2n) is 3.54. The molecule has 0 amide bonds. The van der Waals surface area contributed by atoms with Crippen molar-refractivity contribution >= 4 is 11.4 Å². The number of halogens is 3. The average molecular weight is 243 g/mol. The molecule has 0 unspecified atom stereocenters. The maximum absolute atomic E-state index is 11.9. The van der Waals surface area contributed by atoms with Crippen molar-refractivity contribution in [2.45, 2.75) is 19.0 Å². The van der Waals surface area contributed by atoms with Gasteiger partial charge in [-0.05, 0) is 23.8 Å². The molecule has 17 heavy (non-hydrogen) atoms. The van der Waals surface area contributed by atoms with Crippen molar-refractivity contribution in [1.82, 2.24) is 0 Å². The first-order chi connectivity index (χ1) is 7.92. The van der Waals surface area contributed by atoms with E-state index in [9.17, 15) is 13.2 Å². The third kappa shape index (κ3) is 4.64. The van der Waals surface area contributed by atoms with Crippen LogP contribution >= 0.6 is 0 Å². The molecule has 0 heterocycles. The normalized spacial score (nSPS) is 10.9. The average Bonchev–Trinajstić information content (AvgIpc) is 2.21. The van der Waals surface area contributed by atoms with Crippen LogP contribution in [0.15, 0.2) is 18.2 Å². The molecule has 0 aromatic heterocycles. The number of hydrogen-bond donors (Lipinski definition) is 2. The molecular formula is C11H12F3N3. The fraction of sp³-hybridized carbons (Fsp3) is 0.364. The Bertz CT molecular complexity index is 421. The number of nitrogen functional groups attached to an aromatic ring is 1. The summed E-state index contributed by atoms with van der Waals surface area (Å²) in [7, 11) is 0. The highest BCUT2D eigenvalue weighted by Crippen LogP contribution is 2.21. The summed E-state index contributed by atoms with van der Waals surface area (Å²) in [6, 6.07) is 6.70. The quantitative estimate of drug-likeness (QED) is 0.799. The highest BCUT2D eigenvalue weighted by atomic mass is 19.4. The van der Waals surface area contributed by atoms with Crippen molar-refractivity contribution < 1.29 is 13.2 Å². The summed E-state index contributed by atoms with van der Waals surface area (Å²) < 4.78 is 35.8. The number of alkyl halides is 3. The third-order valence-corrected chi connectivity index (χ3v) is 2.15. The second-order valence-corrected chi connectivity index (χ2v) is 3.54. The molecule has 0 saturated carbocycles. The highest BCUT2D eigenvalue weighted by molar-refractivity contribution is 5.57. The van der Waals surface area contributed by atoms with E-state index in [0.29, 0.717) is 16.9 Å². The van der Waals surface area contributed by atoms with Crippen LogP contribution in [0.1, 0.15) is 12.0 Å².